The van der Waals surface area contributed by atoms with E-state index in [2.05, 4.69) is 15.4 Å². The van der Waals surface area contributed by atoms with Crippen LogP contribution >= 0.6 is 0 Å². The maximum absolute atomic E-state index is 15.3. The zero-order valence-corrected chi connectivity index (χ0v) is 29.0. The SMILES string of the molecule is COC(C)C(=C\C(=C(/C)F)c1ccc(-c2n[nH]c(=O)o2)cc1C)/C(C)=C(/C=C(\C)C(F)(F)F)CC1=NO[C@H](c2cc(C(F)(F)F)cc(C(F)(F)F)c2)C1. The molecule has 0 saturated carbocycles. The molecule has 2 aromatic carbocycles. The summed E-state index contributed by atoms with van der Waals surface area (Å²) in [6, 6.07) is 5.63. The fourth-order valence-electron chi connectivity index (χ4n) is 5.54. The number of aromatic amines is 1. The number of allylic oxidation sites excluding steroid dienone is 6. The highest BCUT2D eigenvalue weighted by atomic mass is 19.4. The molecule has 286 valence electrons. The number of aromatic nitrogens is 2. The van der Waals surface area contributed by atoms with Gasteiger partial charge in [-0.25, -0.2) is 14.3 Å². The average molecular weight is 762 g/mol. The molecule has 2 atom stereocenters. The van der Waals surface area contributed by atoms with E-state index in [1.807, 2.05) is 0 Å². The Bertz CT molecular complexity index is 2030. The smallest absolute Gasteiger partial charge is 0.388 e. The number of nitrogens with one attached hydrogen (secondary N) is 1. The first-order chi connectivity index (χ1) is 24.5. The van der Waals surface area contributed by atoms with Crippen molar-refractivity contribution in [1.29, 1.82) is 0 Å². The Morgan fingerprint density at radius 1 is 0.981 bits per heavy atom. The van der Waals surface area contributed by atoms with Gasteiger partial charge in [-0.1, -0.05) is 17.3 Å². The second-order valence-corrected chi connectivity index (χ2v) is 12.3. The summed E-state index contributed by atoms with van der Waals surface area (Å²) in [5.74, 6) is -1.46. The van der Waals surface area contributed by atoms with Crippen molar-refractivity contribution < 1.29 is 57.9 Å². The van der Waals surface area contributed by atoms with E-state index in [1.54, 1.807) is 26.0 Å². The highest BCUT2D eigenvalue weighted by Crippen LogP contribution is 2.41. The van der Waals surface area contributed by atoms with Crippen LogP contribution < -0.4 is 5.76 Å². The Hall–Kier alpha value is -4.93. The van der Waals surface area contributed by atoms with Crippen molar-refractivity contribution in [3.05, 3.63) is 115 Å². The van der Waals surface area contributed by atoms with Gasteiger partial charge in [-0.05, 0) is 104 Å². The van der Waals surface area contributed by atoms with E-state index in [9.17, 15) is 44.3 Å². The third-order valence-electron chi connectivity index (χ3n) is 8.52. The van der Waals surface area contributed by atoms with Gasteiger partial charge in [0.25, 0.3) is 0 Å². The summed E-state index contributed by atoms with van der Waals surface area (Å²) < 4.78 is 148. The van der Waals surface area contributed by atoms with Crippen LogP contribution in [-0.4, -0.2) is 35.3 Å². The number of alkyl halides is 9. The number of rotatable bonds is 10. The molecule has 3 aromatic rings. The van der Waals surface area contributed by atoms with Gasteiger partial charge in [0.05, 0.1) is 22.9 Å². The lowest BCUT2D eigenvalue weighted by molar-refractivity contribution is -0.143. The minimum Gasteiger partial charge on any atom is -0.388 e. The van der Waals surface area contributed by atoms with E-state index in [1.165, 1.54) is 33.1 Å². The molecule has 1 aliphatic heterocycles. The Morgan fingerprint density at radius 2 is 1.60 bits per heavy atom. The average Bonchev–Trinajstić information content (AvgIpc) is 3.72. The van der Waals surface area contributed by atoms with Gasteiger partial charge in [-0.3, -0.25) is 0 Å². The van der Waals surface area contributed by atoms with Gasteiger partial charge in [0, 0.05) is 36.7 Å². The minimum absolute atomic E-state index is 0.00510. The molecule has 0 spiro atoms. The van der Waals surface area contributed by atoms with Gasteiger partial charge < -0.3 is 14.0 Å². The number of benzene rings is 2. The normalized spacial score (nSPS) is 17.7. The van der Waals surface area contributed by atoms with Gasteiger partial charge >= 0.3 is 24.3 Å². The number of methoxy groups -OCH3 is 1. The standard InChI is InChI=1S/C36H33F10N3O4/c1-17-9-22(32-47-48-33(50)52-32)7-8-28(17)30(20(4)37)16-29(21(5)51-6)19(3)23(10-18(2)34(38,39)40)13-27-15-31(53-49-27)24-11-25(35(41,42)43)14-26(12-24)36(44,45)46/h7-12,14,16,21,31H,13,15H2,1-6H3,(H,48,50)/b18-10+,23-19-,29-16-,30-20-/t21?,31-/m0/s1. The molecule has 1 aliphatic rings. The zero-order valence-electron chi connectivity index (χ0n) is 29.0. The number of hydrogen-bond acceptors (Lipinski definition) is 6. The summed E-state index contributed by atoms with van der Waals surface area (Å²) >= 11 is 0. The van der Waals surface area contributed by atoms with Crippen LogP contribution in [0.4, 0.5) is 43.9 Å². The molecular weight excluding hydrogens is 728 g/mol. The van der Waals surface area contributed by atoms with Crippen LogP contribution in [-0.2, 0) is 21.9 Å². The minimum atomic E-state index is -5.12. The molecule has 0 aliphatic carbocycles. The van der Waals surface area contributed by atoms with Crippen LogP contribution in [0.15, 0.2) is 91.0 Å². The number of nitrogens with zero attached hydrogens (tertiary/aromatic N) is 2. The summed E-state index contributed by atoms with van der Waals surface area (Å²) in [7, 11) is 1.33. The predicted molar refractivity (Wildman–Crippen MR) is 175 cm³/mol. The van der Waals surface area contributed by atoms with Crippen molar-refractivity contribution in [2.45, 2.75) is 78.2 Å². The first kappa shape index (κ1) is 40.8. The molecule has 0 fully saturated rings. The van der Waals surface area contributed by atoms with Crippen LogP contribution in [0.3, 0.4) is 0 Å². The molecule has 17 heteroatoms. The van der Waals surface area contributed by atoms with Gasteiger partial charge in [0.2, 0.25) is 5.89 Å². The molecule has 1 unspecified atom stereocenters. The van der Waals surface area contributed by atoms with E-state index in [4.69, 9.17) is 14.0 Å². The number of oxime groups is 1. The summed E-state index contributed by atoms with van der Waals surface area (Å²) in [6.45, 7) is 6.69. The molecule has 0 saturated heterocycles. The molecule has 2 heterocycles. The van der Waals surface area contributed by atoms with Gasteiger partial charge in [-0.15, -0.1) is 5.10 Å². The van der Waals surface area contributed by atoms with Crippen LogP contribution in [0.5, 0.6) is 0 Å². The molecule has 4 rings (SSSR count). The Balaban J connectivity index is 1.79. The molecule has 0 amide bonds. The van der Waals surface area contributed by atoms with E-state index in [0.29, 0.717) is 28.8 Å². The van der Waals surface area contributed by atoms with E-state index in [0.717, 1.165) is 13.0 Å². The molecule has 53 heavy (non-hydrogen) atoms. The maximum Gasteiger partial charge on any atom is 0.434 e. The molecule has 7 nitrogen and oxygen atoms in total. The van der Waals surface area contributed by atoms with Crippen molar-refractivity contribution in [3.63, 3.8) is 0 Å². The molecule has 1 aromatic heterocycles. The fraction of sp³-hybridized carbons (Fsp3) is 0.361. The summed E-state index contributed by atoms with van der Waals surface area (Å²) in [4.78, 5) is 16.7. The topological polar surface area (TPSA) is 89.7 Å². The van der Waals surface area contributed by atoms with Gasteiger partial charge in [-0.2, -0.15) is 39.5 Å². The van der Waals surface area contributed by atoms with Crippen LogP contribution in [0.1, 0.15) is 74.5 Å². The zero-order chi connectivity index (χ0) is 39.6. The lowest BCUT2D eigenvalue weighted by Crippen LogP contribution is -2.14. The summed E-state index contributed by atoms with van der Waals surface area (Å²) in [6.07, 6.45) is -15.7. The molecule has 1 N–H and O–H groups in total. The lowest BCUT2D eigenvalue weighted by atomic mass is 9.88. The van der Waals surface area contributed by atoms with Crippen molar-refractivity contribution in [2.24, 2.45) is 5.16 Å². The highest BCUT2D eigenvalue weighted by Gasteiger charge is 2.39. The Morgan fingerprint density at radius 3 is 2.09 bits per heavy atom. The quantitative estimate of drug-likeness (QED) is 0.164. The first-order valence-electron chi connectivity index (χ1n) is 15.7. The van der Waals surface area contributed by atoms with Crippen LogP contribution in [0.2, 0.25) is 0 Å². The maximum atomic E-state index is 15.3. The van der Waals surface area contributed by atoms with Crippen molar-refractivity contribution in [1.82, 2.24) is 10.2 Å². The third kappa shape index (κ3) is 9.94. The number of aryl methyl sites for hydroxylation is 1. The predicted octanol–water partition coefficient (Wildman–Crippen LogP) is 10.8. The van der Waals surface area contributed by atoms with E-state index in [-0.39, 0.29) is 52.8 Å². The molecule has 0 bridgehead atoms. The van der Waals surface area contributed by atoms with Crippen molar-refractivity contribution in [2.75, 3.05) is 7.11 Å². The second kappa shape index (κ2) is 15.6. The number of H-pyrrole nitrogens is 1. The van der Waals surface area contributed by atoms with Crippen molar-refractivity contribution >= 4 is 11.3 Å². The largest absolute Gasteiger partial charge is 0.434 e. The van der Waals surface area contributed by atoms with Gasteiger partial charge in [0.15, 0.2) is 6.10 Å². The van der Waals surface area contributed by atoms with Gasteiger partial charge in [0.1, 0.15) is 5.83 Å². The van der Waals surface area contributed by atoms with Crippen LogP contribution in [0, 0.1) is 6.92 Å². The Labute approximate surface area is 296 Å². The van der Waals surface area contributed by atoms with E-state index < -0.39 is 64.6 Å². The summed E-state index contributed by atoms with van der Waals surface area (Å²) in [5, 5.41) is 9.75. The number of halogens is 10. The Kier molecular flexibility index (Phi) is 12.0. The number of hydrogen-bond donors (Lipinski definition) is 1. The monoisotopic (exact) mass is 761 g/mol. The third-order valence-corrected chi connectivity index (χ3v) is 8.52. The first-order valence-corrected chi connectivity index (χ1v) is 15.7. The molecule has 0 radical (unpaired) electrons. The fourth-order valence-corrected chi connectivity index (χ4v) is 5.54. The van der Waals surface area contributed by atoms with Crippen molar-refractivity contribution in [3.8, 4) is 11.5 Å². The highest BCUT2D eigenvalue weighted by molar-refractivity contribution is 5.89. The molecular formula is C36H33F10N3O4. The lowest BCUT2D eigenvalue weighted by Gasteiger charge is -2.21. The summed E-state index contributed by atoms with van der Waals surface area (Å²) in [5.41, 5.74) is -2.85. The second-order valence-electron chi connectivity index (χ2n) is 12.3. The van der Waals surface area contributed by atoms with Crippen LogP contribution in [0.25, 0.3) is 17.0 Å². The number of ether oxygens (including phenoxy) is 1. The van der Waals surface area contributed by atoms with E-state index >= 15 is 4.39 Å².